The summed E-state index contributed by atoms with van der Waals surface area (Å²) in [6.07, 6.45) is 0. The average Bonchev–Trinajstić information content (AvgIpc) is 2.16. The van der Waals surface area contributed by atoms with Crippen LogP contribution in [0.4, 0.5) is 0 Å². The van der Waals surface area contributed by atoms with Crippen LogP contribution in [0, 0.1) is 8.98 Å². The van der Waals surface area contributed by atoms with Crippen molar-refractivity contribution in [2.75, 3.05) is 0 Å². The highest BCUT2D eigenvalue weighted by atomic mass is 127. The number of amidine groups is 1. The summed E-state index contributed by atoms with van der Waals surface area (Å²) in [6.45, 7) is 0. The molecule has 4 nitrogen and oxygen atoms in total. The maximum atomic E-state index is 7.42. The number of hydrogen-bond donors (Lipinski definition) is 3. The van der Waals surface area contributed by atoms with Crippen molar-refractivity contribution in [1.29, 1.82) is 5.41 Å². The van der Waals surface area contributed by atoms with Gasteiger partial charge >= 0.3 is 0 Å². The number of thioether (sulfide) groups is 1. The van der Waals surface area contributed by atoms with Crippen LogP contribution in [0.2, 0.25) is 0 Å². The lowest BCUT2D eigenvalue weighted by molar-refractivity contribution is 1.40. The molecule has 0 atom stereocenters. The predicted octanol–water partition coefficient (Wildman–Crippen LogP) is 1.73. The van der Waals surface area contributed by atoms with Gasteiger partial charge < -0.3 is 11.5 Å². The highest BCUT2D eigenvalue weighted by Crippen LogP contribution is 2.15. The van der Waals surface area contributed by atoms with E-state index in [0.717, 1.165) is 5.56 Å². The molecule has 0 aliphatic rings. The van der Waals surface area contributed by atoms with Crippen LogP contribution in [0.5, 0.6) is 0 Å². The van der Waals surface area contributed by atoms with E-state index in [1.807, 2.05) is 24.3 Å². The number of hydrogen-bond acceptors (Lipinski definition) is 2. The number of halogens is 1. The van der Waals surface area contributed by atoms with Crippen molar-refractivity contribution in [3.05, 3.63) is 33.4 Å². The summed E-state index contributed by atoms with van der Waals surface area (Å²) in [7, 11) is 0. The molecule has 0 heterocycles. The Morgan fingerprint density at radius 1 is 1.33 bits per heavy atom. The van der Waals surface area contributed by atoms with Gasteiger partial charge in [-0.1, -0.05) is 23.9 Å². The lowest BCUT2D eigenvalue weighted by Crippen LogP contribution is -2.23. The molecule has 0 bridgehead atoms. The molecule has 0 saturated carbocycles. The lowest BCUT2D eigenvalue weighted by atomic mass is 10.2. The van der Waals surface area contributed by atoms with E-state index in [4.69, 9.17) is 16.9 Å². The number of guanidine groups is 1. The molecule has 15 heavy (non-hydrogen) atoms. The zero-order valence-electron chi connectivity index (χ0n) is 7.90. The van der Waals surface area contributed by atoms with Crippen molar-refractivity contribution < 1.29 is 0 Å². The normalized spacial score (nSPS) is 9.67. The van der Waals surface area contributed by atoms with E-state index in [9.17, 15) is 0 Å². The average molecular weight is 334 g/mol. The largest absolute Gasteiger partial charge is 0.370 e. The highest BCUT2D eigenvalue weighted by molar-refractivity contribution is 14.1. The van der Waals surface area contributed by atoms with Crippen LogP contribution in [0.25, 0.3) is 0 Å². The van der Waals surface area contributed by atoms with Gasteiger partial charge in [0.05, 0.1) is 0 Å². The molecule has 0 aliphatic carbocycles. The maximum absolute atomic E-state index is 7.42. The first kappa shape index (κ1) is 12.3. The molecule has 5 N–H and O–H groups in total. The third-order valence-corrected chi connectivity index (χ3v) is 3.08. The van der Waals surface area contributed by atoms with Gasteiger partial charge in [0.1, 0.15) is 0 Å². The smallest absolute Gasteiger partial charge is 0.193 e. The molecule has 0 fully saturated rings. The number of benzene rings is 1. The number of aliphatic imine (C=N–C) groups is 1. The number of rotatable bonds is 2. The molecule has 6 heteroatoms. The summed E-state index contributed by atoms with van der Waals surface area (Å²) in [5.74, 6) is 0.627. The third-order valence-electron chi connectivity index (χ3n) is 1.52. The molecular formula is C9H11IN4S. The Morgan fingerprint density at radius 2 is 1.93 bits per heavy atom. The van der Waals surface area contributed by atoms with Gasteiger partial charge in [-0.25, -0.2) is 0 Å². The monoisotopic (exact) mass is 334 g/mol. The van der Waals surface area contributed by atoms with Gasteiger partial charge in [0, 0.05) is 9.32 Å². The van der Waals surface area contributed by atoms with E-state index < -0.39 is 0 Å². The second-order valence-electron chi connectivity index (χ2n) is 2.76. The van der Waals surface area contributed by atoms with E-state index in [1.54, 1.807) is 0 Å². The van der Waals surface area contributed by atoms with Gasteiger partial charge in [0.25, 0.3) is 0 Å². The van der Waals surface area contributed by atoms with Crippen LogP contribution in [0.1, 0.15) is 5.56 Å². The van der Waals surface area contributed by atoms with Gasteiger partial charge in [0.2, 0.25) is 0 Å². The molecule has 0 amide bonds. The molecule has 1 aromatic rings. The zero-order valence-corrected chi connectivity index (χ0v) is 10.9. The van der Waals surface area contributed by atoms with E-state index in [1.165, 1.54) is 15.3 Å². The van der Waals surface area contributed by atoms with Crippen LogP contribution in [0.15, 0.2) is 29.3 Å². The Kier molecular flexibility index (Phi) is 4.89. The van der Waals surface area contributed by atoms with Crippen LogP contribution >= 0.6 is 34.4 Å². The second-order valence-corrected chi connectivity index (χ2v) is 4.97. The fourth-order valence-electron chi connectivity index (χ4n) is 0.882. The molecule has 1 aromatic carbocycles. The third kappa shape index (κ3) is 5.03. The van der Waals surface area contributed by atoms with E-state index in [2.05, 4.69) is 27.6 Å². The molecule has 0 saturated heterocycles. The Morgan fingerprint density at radius 3 is 2.47 bits per heavy atom. The van der Waals surface area contributed by atoms with Gasteiger partial charge in [-0.2, -0.15) is 4.99 Å². The van der Waals surface area contributed by atoms with Crippen LogP contribution in [0.3, 0.4) is 0 Å². The minimum atomic E-state index is -0.0740. The van der Waals surface area contributed by atoms with Crippen molar-refractivity contribution in [3.63, 3.8) is 0 Å². The SMILES string of the molecule is N=C(N=C(N)N)SCc1ccc(I)cc1. The van der Waals surface area contributed by atoms with E-state index in [-0.39, 0.29) is 11.1 Å². The molecular weight excluding hydrogens is 323 g/mol. The lowest BCUT2D eigenvalue weighted by Gasteiger charge is -2.00. The summed E-state index contributed by atoms with van der Waals surface area (Å²) in [4.78, 5) is 3.63. The summed E-state index contributed by atoms with van der Waals surface area (Å²) >= 11 is 3.55. The summed E-state index contributed by atoms with van der Waals surface area (Å²) in [6, 6.07) is 8.11. The van der Waals surface area contributed by atoms with E-state index in [0.29, 0.717) is 5.75 Å². The molecule has 0 aromatic heterocycles. The maximum Gasteiger partial charge on any atom is 0.193 e. The first-order chi connectivity index (χ1) is 7.08. The molecule has 0 unspecified atom stereocenters. The minimum absolute atomic E-state index is 0.0740. The second kappa shape index (κ2) is 5.96. The van der Waals surface area contributed by atoms with E-state index >= 15 is 0 Å². The molecule has 1 rings (SSSR count). The fourth-order valence-corrected chi connectivity index (χ4v) is 1.91. The van der Waals surface area contributed by atoms with Gasteiger partial charge in [0.15, 0.2) is 11.1 Å². The highest BCUT2D eigenvalue weighted by Gasteiger charge is 1.98. The zero-order chi connectivity index (χ0) is 11.3. The van der Waals surface area contributed by atoms with Crippen molar-refractivity contribution in [3.8, 4) is 0 Å². The number of nitrogens with one attached hydrogen (secondary N) is 1. The summed E-state index contributed by atoms with van der Waals surface area (Å²) < 4.78 is 1.20. The molecule has 0 radical (unpaired) electrons. The Balaban J connectivity index is 2.47. The first-order valence-corrected chi connectivity index (χ1v) is 6.20. The Bertz CT molecular complexity index is 370. The topological polar surface area (TPSA) is 88.2 Å². The van der Waals surface area contributed by atoms with Gasteiger partial charge in [-0.3, -0.25) is 5.41 Å². The van der Waals surface area contributed by atoms with Crippen LogP contribution in [-0.2, 0) is 5.75 Å². The predicted molar refractivity (Wildman–Crippen MR) is 74.0 cm³/mol. The summed E-state index contributed by atoms with van der Waals surface area (Å²) in [5, 5.41) is 7.56. The summed E-state index contributed by atoms with van der Waals surface area (Å²) in [5.41, 5.74) is 11.5. The van der Waals surface area contributed by atoms with Gasteiger partial charge in [-0.15, -0.1) is 0 Å². The minimum Gasteiger partial charge on any atom is -0.370 e. The van der Waals surface area contributed by atoms with Crippen molar-refractivity contribution in [2.45, 2.75) is 5.75 Å². The number of nitrogens with zero attached hydrogens (tertiary/aromatic N) is 1. The van der Waals surface area contributed by atoms with Crippen LogP contribution < -0.4 is 11.5 Å². The van der Waals surface area contributed by atoms with Crippen LogP contribution in [-0.4, -0.2) is 11.1 Å². The van der Waals surface area contributed by atoms with Crippen molar-refractivity contribution in [1.82, 2.24) is 0 Å². The molecule has 0 aliphatic heterocycles. The quantitative estimate of drug-likeness (QED) is 0.437. The van der Waals surface area contributed by atoms with Crippen molar-refractivity contribution in [2.24, 2.45) is 16.5 Å². The Hall–Kier alpha value is -0.760. The van der Waals surface area contributed by atoms with Crippen molar-refractivity contribution >= 4 is 45.5 Å². The standard InChI is InChI=1S/C9H11IN4S/c10-7-3-1-6(2-4-7)5-15-9(13)14-8(11)12/h1-4H,5H2,(H5,11,12,13,14). The first-order valence-electron chi connectivity index (χ1n) is 4.13. The molecule has 0 spiro atoms. The number of nitrogens with two attached hydrogens (primary N) is 2. The van der Waals surface area contributed by atoms with Gasteiger partial charge in [-0.05, 0) is 40.3 Å². The molecule has 80 valence electrons. The fraction of sp³-hybridized carbons (Fsp3) is 0.111. The Labute approximate surface area is 106 Å².